The number of hydrogen-bond donors (Lipinski definition) is 2. The molecule has 0 radical (unpaired) electrons. The van der Waals surface area contributed by atoms with Crippen LogP contribution in [0.15, 0.2) is 101 Å². The minimum absolute atomic E-state index is 0.0751. The predicted octanol–water partition coefficient (Wildman–Crippen LogP) is 7.52. The van der Waals surface area contributed by atoms with Gasteiger partial charge in [0.15, 0.2) is 5.78 Å². The topological polar surface area (TPSA) is 82.0 Å². The molecule has 2 N–H and O–H groups in total. The molecule has 0 saturated heterocycles. The lowest BCUT2D eigenvalue weighted by molar-refractivity contribution is 0.0993. The summed E-state index contributed by atoms with van der Waals surface area (Å²) in [6, 6.07) is 25.2. The van der Waals surface area contributed by atoms with Gasteiger partial charge < -0.3 is 15.8 Å². The van der Waals surface area contributed by atoms with E-state index >= 15 is 0 Å². The second-order valence-electron chi connectivity index (χ2n) is 8.67. The highest BCUT2D eigenvalue weighted by Gasteiger charge is 2.07. The number of nitrogens with zero attached hydrogens (tertiary/aromatic N) is 4. The fourth-order valence-corrected chi connectivity index (χ4v) is 3.95. The molecule has 0 spiro atoms. The molecule has 188 valence electrons. The number of rotatable bonds is 11. The zero-order chi connectivity index (χ0) is 26.0. The number of hydrazine groups is 1. The molecule has 37 heavy (non-hydrogen) atoms. The van der Waals surface area contributed by atoms with Gasteiger partial charge in [0, 0.05) is 43.2 Å². The number of hydrogen-bond acceptors (Lipinski definition) is 7. The van der Waals surface area contributed by atoms with Crippen LogP contribution >= 0.6 is 0 Å². The Hall–Kier alpha value is -4.52. The first-order valence-corrected chi connectivity index (χ1v) is 12.5. The van der Waals surface area contributed by atoms with Gasteiger partial charge in [-0.1, -0.05) is 0 Å². The molecule has 1 heterocycles. The average Bonchev–Trinajstić information content (AvgIpc) is 2.93. The molecule has 4 rings (SSSR count). The summed E-state index contributed by atoms with van der Waals surface area (Å²) in [6.07, 6.45) is 3.76. The first-order chi connectivity index (χ1) is 18.1. The van der Waals surface area contributed by atoms with Gasteiger partial charge in [-0.15, -0.1) is 0 Å². The highest BCUT2D eigenvalue weighted by molar-refractivity contribution is 5.97. The summed E-state index contributed by atoms with van der Waals surface area (Å²) in [6.45, 7) is 8.27. The number of ketones is 1. The number of aryl methyl sites for hydroxylation is 1. The van der Waals surface area contributed by atoms with Crippen LogP contribution in [0.5, 0.6) is 0 Å². The van der Waals surface area contributed by atoms with Crippen LogP contribution < -0.4 is 15.8 Å². The molecule has 0 fully saturated rings. The van der Waals surface area contributed by atoms with E-state index in [1.165, 1.54) is 5.69 Å². The zero-order valence-electron chi connectivity index (χ0n) is 21.5. The van der Waals surface area contributed by atoms with Crippen LogP contribution in [0, 0.1) is 6.92 Å². The van der Waals surface area contributed by atoms with E-state index in [1.54, 1.807) is 12.4 Å². The number of aromatic nitrogens is 1. The SMILES string of the molecule is CCN(CC)c1ccc(N=Nc2ccc(NNc3ccc(C(=O)Cc4ccncc4)cc3)c(C)c2)cc1. The third kappa shape index (κ3) is 7.01. The molecule has 0 aliphatic carbocycles. The van der Waals surface area contributed by atoms with Gasteiger partial charge in [0.1, 0.15) is 0 Å². The molecule has 1 aromatic heterocycles. The maximum absolute atomic E-state index is 12.5. The summed E-state index contributed by atoms with van der Waals surface area (Å²) in [5.74, 6) is 0.0751. The standard InChI is InChI=1S/C30H32N6O/c1-4-36(5-2)28-13-10-26(11-14-28)32-34-27-12-15-29(22(3)20-27)35-33-25-8-6-24(7-9-25)30(37)21-23-16-18-31-19-17-23/h6-20,33,35H,4-5,21H2,1-3H3. The van der Waals surface area contributed by atoms with Crippen molar-refractivity contribution in [3.63, 3.8) is 0 Å². The molecule has 0 unspecified atom stereocenters. The fraction of sp³-hybridized carbons (Fsp3) is 0.200. The Morgan fingerprint density at radius 1 is 0.811 bits per heavy atom. The fourth-order valence-electron chi connectivity index (χ4n) is 3.95. The Kier molecular flexibility index (Phi) is 8.60. The van der Waals surface area contributed by atoms with Crippen LogP contribution in [0.25, 0.3) is 0 Å². The molecule has 4 aromatic rings. The summed E-state index contributed by atoms with van der Waals surface area (Å²) in [5, 5.41) is 8.78. The summed E-state index contributed by atoms with van der Waals surface area (Å²) < 4.78 is 0. The van der Waals surface area contributed by atoms with E-state index in [9.17, 15) is 4.79 Å². The maximum atomic E-state index is 12.5. The van der Waals surface area contributed by atoms with Crippen LogP contribution in [-0.4, -0.2) is 23.9 Å². The molecule has 0 amide bonds. The number of carbonyl (C=O) groups is 1. The Labute approximate surface area is 218 Å². The van der Waals surface area contributed by atoms with Crippen molar-refractivity contribution in [1.82, 2.24) is 4.98 Å². The van der Waals surface area contributed by atoms with Crippen molar-refractivity contribution in [2.75, 3.05) is 28.8 Å². The van der Waals surface area contributed by atoms with Crippen LogP contribution in [0.1, 0.15) is 35.3 Å². The molecule has 0 aliphatic heterocycles. The van der Waals surface area contributed by atoms with E-state index in [4.69, 9.17) is 0 Å². The van der Waals surface area contributed by atoms with Crippen molar-refractivity contribution in [2.45, 2.75) is 27.2 Å². The van der Waals surface area contributed by atoms with Gasteiger partial charge in [-0.25, -0.2) is 0 Å². The Morgan fingerprint density at radius 2 is 1.46 bits per heavy atom. The number of carbonyl (C=O) groups excluding carboxylic acids is 1. The summed E-state index contributed by atoms with van der Waals surface area (Å²) in [7, 11) is 0. The Bertz CT molecular complexity index is 1330. The van der Waals surface area contributed by atoms with E-state index < -0.39 is 0 Å². The van der Waals surface area contributed by atoms with Crippen molar-refractivity contribution < 1.29 is 4.79 Å². The predicted molar refractivity (Wildman–Crippen MR) is 151 cm³/mol. The van der Waals surface area contributed by atoms with E-state index in [0.29, 0.717) is 12.0 Å². The third-order valence-electron chi connectivity index (χ3n) is 6.13. The molecule has 0 saturated carbocycles. The number of azo groups is 1. The van der Waals surface area contributed by atoms with Gasteiger partial charge >= 0.3 is 0 Å². The second kappa shape index (κ2) is 12.4. The van der Waals surface area contributed by atoms with Crippen molar-refractivity contribution >= 4 is 34.2 Å². The van der Waals surface area contributed by atoms with E-state index in [-0.39, 0.29) is 5.78 Å². The van der Waals surface area contributed by atoms with Crippen molar-refractivity contribution in [3.8, 4) is 0 Å². The lowest BCUT2D eigenvalue weighted by atomic mass is 10.0. The van der Waals surface area contributed by atoms with E-state index in [0.717, 1.165) is 47.0 Å². The van der Waals surface area contributed by atoms with Crippen LogP contribution in [0.4, 0.5) is 28.4 Å². The normalized spacial score (nSPS) is 10.9. The average molecular weight is 493 g/mol. The largest absolute Gasteiger partial charge is 0.372 e. The number of nitrogens with one attached hydrogen (secondary N) is 2. The second-order valence-corrected chi connectivity index (χ2v) is 8.67. The quantitative estimate of drug-likeness (QED) is 0.129. The Morgan fingerprint density at radius 3 is 2.11 bits per heavy atom. The molecule has 7 heteroatoms. The first-order valence-electron chi connectivity index (χ1n) is 12.5. The van der Waals surface area contributed by atoms with Crippen molar-refractivity contribution in [1.29, 1.82) is 0 Å². The van der Waals surface area contributed by atoms with Gasteiger partial charge in [0.05, 0.1) is 22.7 Å². The Balaban J connectivity index is 1.32. The van der Waals surface area contributed by atoms with E-state index in [2.05, 4.69) is 56.9 Å². The first kappa shape index (κ1) is 25.6. The molecule has 3 aromatic carbocycles. The maximum Gasteiger partial charge on any atom is 0.167 e. The van der Waals surface area contributed by atoms with Crippen LogP contribution in [0.3, 0.4) is 0 Å². The van der Waals surface area contributed by atoms with Gasteiger partial charge in [0.2, 0.25) is 0 Å². The molecule has 0 aliphatic rings. The highest BCUT2D eigenvalue weighted by Crippen LogP contribution is 2.25. The molecular formula is C30H32N6O. The zero-order valence-corrected chi connectivity index (χ0v) is 21.5. The molecule has 0 bridgehead atoms. The molecule has 7 nitrogen and oxygen atoms in total. The number of pyridine rings is 1. The number of benzene rings is 3. The van der Waals surface area contributed by atoms with Crippen LogP contribution in [0.2, 0.25) is 0 Å². The number of anilines is 3. The van der Waals surface area contributed by atoms with Gasteiger partial charge in [-0.3, -0.25) is 9.78 Å². The minimum atomic E-state index is 0.0751. The molecular weight excluding hydrogens is 460 g/mol. The van der Waals surface area contributed by atoms with Gasteiger partial charge in [0.25, 0.3) is 0 Å². The van der Waals surface area contributed by atoms with Gasteiger partial charge in [-0.05, 0) is 111 Å². The highest BCUT2D eigenvalue weighted by atomic mass is 16.1. The minimum Gasteiger partial charge on any atom is -0.372 e. The van der Waals surface area contributed by atoms with E-state index in [1.807, 2.05) is 73.7 Å². The van der Waals surface area contributed by atoms with Crippen molar-refractivity contribution in [3.05, 3.63) is 108 Å². The monoisotopic (exact) mass is 492 g/mol. The lowest BCUT2D eigenvalue weighted by Crippen LogP contribution is -2.21. The van der Waals surface area contributed by atoms with Crippen molar-refractivity contribution in [2.24, 2.45) is 10.2 Å². The number of Topliss-reactive ketones (excluding diaryl/α,β-unsaturated/α-hetero) is 1. The summed E-state index contributed by atoms with van der Waals surface area (Å²) in [5.41, 5.74) is 13.7. The lowest BCUT2D eigenvalue weighted by Gasteiger charge is -2.20. The van der Waals surface area contributed by atoms with Crippen LogP contribution in [-0.2, 0) is 6.42 Å². The smallest absolute Gasteiger partial charge is 0.167 e. The molecule has 0 atom stereocenters. The van der Waals surface area contributed by atoms with Gasteiger partial charge in [-0.2, -0.15) is 10.2 Å². The summed E-state index contributed by atoms with van der Waals surface area (Å²) in [4.78, 5) is 18.8. The third-order valence-corrected chi connectivity index (χ3v) is 6.13. The summed E-state index contributed by atoms with van der Waals surface area (Å²) >= 11 is 0.